The first-order valence-electron chi connectivity index (χ1n) is 17.7. The molecule has 2 unspecified atom stereocenters. The number of halogens is 2. The molecule has 4 aromatic carbocycles. The van der Waals surface area contributed by atoms with E-state index in [2.05, 4.69) is 139 Å². The Kier molecular flexibility index (Phi) is 11.3. The molecule has 3 aliphatic rings. The van der Waals surface area contributed by atoms with Crippen molar-refractivity contribution < 1.29 is 20.0 Å². The second-order valence-corrected chi connectivity index (χ2v) is 31.6. The van der Waals surface area contributed by atoms with Crippen LogP contribution in [0.5, 0.6) is 0 Å². The average Bonchev–Trinajstić information content (AvgIpc) is 3.60. The van der Waals surface area contributed by atoms with Crippen molar-refractivity contribution in [3.8, 4) is 22.3 Å². The summed E-state index contributed by atoms with van der Waals surface area (Å²) in [4.78, 5) is 0. The molecule has 2 atom stereocenters. The summed E-state index contributed by atoms with van der Waals surface area (Å²) in [5, 5.41) is 0. The van der Waals surface area contributed by atoms with Crippen LogP contribution in [-0.2, 0) is 32.8 Å². The predicted molar refractivity (Wildman–Crippen MR) is 207 cm³/mol. The van der Waals surface area contributed by atoms with Crippen LogP contribution in [-0.4, -0.2) is 0 Å². The van der Waals surface area contributed by atoms with Crippen molar-refractivity contribution in [1.82, 2.24) is 0 Å². The van der Waals surface area contributed by atoms with Crippen molar-refractivity contribution in [2.24, 2.45) is 11.8 Å². The minimum Gasteiger partial charge on any atom is -0.147 e. The van der Waals surface area contributed by atoms with Crippen molar-refractivity contribution in [3.63, 3.8) is 0 Å². The second kappa shape index (κ2) is 14.7. The van der Waals surface area contributed by atoms with Gasteiger partial charge in [-0.15, -0.1) is 24.8 Å². The van der Waals surface area contributed by atoms with Crippen LogP contribution >= 0.6 is 24.8 Å². The Morgan fingerprint density at radius 2 is 0.936 bits per heavy atom. The predicted octanol–water partition coefficient (Wildman–Crippen LogP) is 13.7. The second-order valence-electron chi connectivity index (χ2n) is 15.0. The fourth-order valence-electron chi connectivity index (χ4n) is 8.81. The van der Waals surface area contributed by atoms with Crippen molar-refractivity contribution in [1.29, 1.82) is 0 Å². The van der Waals surface area contributed by atoms with Gasteiger partial charge in [0.15, 0.2) is 0 Å². The molecule has 0 bridgehead atoms. The molecule has 0 saturated carbocycles. The average molecular weight is 830 g/mol. The van der Waals surface area contributed by atoms with Gasteiger partial charge < -0.3 is 0 Å². The maximum atomic E-state index is 2.68. The summed E-state index contributed by atoms with van der Waals surface area (Å²) in [5.74, 6) is 1.34. The molecule has 1 fully saturated rings. The Balaban J connectivity index is 0.00000217. The van der Waals surface area contributed by atoms with E-state index in [0.29, 0.717) is 19.2 Å². The maximum Gasteiger partial charge on any atom is -0.147 e. The Morgan fingerprint density at radius 3 is 1.26 bits per heavy atom. The van der Waals surface area contributed by atoms with Gasteiger partial charge in [-0.05, 0) is 0 Å². The molecule has 47 heavy (non-hydrogen) atoms. The van der Waals surface area contributed by atoms with E-state index in [1.165, 1.54) is 65.7 Å². The summed E-state index contributed by atoms with van der Waals surface area (Å²) in [6, 6.07) is 33.3. The number of allylic oxidation sites excluding steroid dienone is 2. The summed E-state index contributed by atoms with van der Waals surface area (Å²) < 4.78 is 4.45. The van der Waals surface area contributed by atoms with Gasteiger partial charge >= 0.3 is 279 Å². The SMILES string of the molecule is CCc1ccc(-c2cccc3c2C=C(CC(C)C)[CH]3[Hf]2([CH]3C(CC(C)C)=Cc4c(-c5ccc(CC)cc5)cccc43)[CH2][CH2]2)cc1.Cl.Cl. The zero-order valence-electron chi connectivity index (χ0n) is 29.1. The van der Waals surface area contributed by atoms with Gasteiger partial charge in [-0.25, -0.2) is 0 Å². The van der Waals surface area contributed by atoms with Crippen LogP contribution in [0, 0.1) is 11.8 Å². The summed E-state index contributed by atoms with van der Waals surface area (Å²) in [5.41, 5.74) is 18.4. The first-order chi connectivity index (χ1) is 21.8. The molecule has 3 heteroatoms. The van der Waals surface area contributed by atoms with E-state index < -0.39 is 20.0 Å². The molecule has 1 saturated heterocycles. The molecule has 1 heterocycles. The number of rotatable bonds is 10. The molecule has 1 aliphatic heterocycles. The molecule has 0 N–H and O–H groups in total. The van der Waals surface area contributed by atoms with Crippen molar-refractivity contribution >= 4 is 37.0 Å². The van der Waals surface area contributed by atoms with Gasteiger partial charge in [-0.3, -0.25) is 0 Å². The molecule has 0 amide bonds. The van der Waals surface area contributed by atoms with Gasteiger partial charge in [-0.2, -0.15) is 0 Å². The number of benzene rings is 4. The van der Waals surface area contributed by atoms with E-state index in [4.69, 9.17) is 0 Å². The van der Waals surface area contributed by atoms with Gasteiger partial charge in [-0.1, -0.05) is 0 Å². The Hall–Kier alpha value is -2.19. The quantitative estimate of drug-likeness (QED) is 0.140. The summed E-state index contributed by atoms with van der Waals surface area (Å²) in [7, 11) is 0. The Bertz CT molecular complexity index is 1640. The van der Waals surface area contributed by atoms with Crippen molar-refractivity contribution in [2.75, 3.05) is 0 Å². The number of fused-ring (bicyclic) bond motifs is 2. The third-order valence-corrected chi connectivity index (χ3v) is 30.0. The number of hydrogen-bond acceptors (Lipinski definition) is 0. The fraction of sp³-hybridized carbons (Fsp3) is 0.364. The van der Waals surface area contributed by atoms with Crippen molar-refractivity contribution in [3.05, 3.63) is 129 Å². The first kappa shape index (κ1) is 36.1. The summed E-state index contributed by atoms with van der Waals surface area (Å²) >= 11 is -2.97. The van der Waals surface area contributed by atoms with E-state index in [-0.39, 0.29) is 24.8 Å². The van der Waals surface area contributed by atoms with Gasteiger partial charge in [0.25, 0.3) is 0 Å². The Morgan fingerprint density at radius 1 is 0.553 bits per heavy atom. The largest absolute Gasteiger partial charge is 0.147 e. The molecule has 0 radical (unpaired) electrons. The fourth-order valence-corrected chi connectivity index (χ4v) is 36.7. The first-order valence-corrected chi connectivity index (χ1v) is 26.9. The van der Waals surface area contributed by atoms with Crippen LogP contribution in [0.4, 0.5) is 0 Å². The van der Waals surface area contributed by atoms with Crippen molar-refractivity contribution in [2.45, 2.75) is 82.9 Å². The zero-order valence-corrected chi connectivity index (χ0v) is 34.3. The van der Waals surface area contributed by atoms with Crippen LogP contribution in [0.15, 0.2) is 96.1 Å². The molecule has 246 valence electrons. The molecule has 0 spiro atoms. The third-order valence-electron chi connectivity index (χ3n) is 10.9. The minimum atomic E-state index is -2.97. The smallest absolute Gasteiger partial charge is 0.147 e. The van der Waals surface area contributed by atoms with Gasteiger partial charge in [0.2, 0.25) is 0 Å². The molecular formula is C44H52Cl2Hf. The minimum absolute atomic E-state index is 0. The molecule has 7 rings (SSSR count). The van der Waals surface area contributed by atoms with E-state index in [0.717, 1.165) is 12.8 Å². The van der Waals surface area contributed by atoms with E-state index in [1.54, 1.807) is 22.3 Å². The standard InChI is InChI=1S/2C21H23.C2H4.2ClH.Hf/c2*1-4-16-8-10-18(11-9-16)20-7-5-6-19-13-17(12-15(2)3)14-21(19)20;1-2;;;/h2*5-11,13-15H,4,12H2,1-3H3;1-2H2;2*1H;. The van der Waals surface area contributed by atoms with E-state index in [9.17, 15) is 0 Å². The maximum absolute atomic E-state index is 2.97. The van der Waals surface area contributed by atoms with Crippen LogP contribution < -0.4 is 0 Å². The monoisotopic (exact) mass is 830 g/mol. The molecular weight excluding hydrogens is 778 g/mol. The van der Waals surface area contributed by atoms with Crippen LogP contribution in [0.3, 0.4) is 0 Å². The molecule has 0 nitrogen and oxygen atoms in total. The Labute approximate surface area is 301 Å². The summed E-state index contributed by atoms with van der Waals surface area (Å²) in [6.07, 6.45) is 9.98. The van der Waals surface area contributed by atoms with Gasteiger partial charge in [0.05, 0.1) is 0 Å². The number of aryl methyl sites for hydroxylation is 2. The molecule has 4 aromatic rings. The molecule has 0 aromatic heterocycles. The van der Waals surface area contributed by atoms with E-state index >= 15 is 0 Å². The van der Waals surface area contributed by atoms with Crippen LogP contribution in [0.25, 0.3) is 34.4 Å². The molecule has 2 aliphatic carbocycles. The summed E-state index contributed by atoms with van der Waals surface area (Å²) in [6.45, 7) is 14.2. The number of hydrogen-bond donors (Lipinski definition) is 0. The van der Waals surface area contributed by atoms with Crippen LogP contribution in [0.1, 0.15) is 95.1 Å². The van der Waals surface area contributed by atoms with Gasteiger partial charge in [0, 0.05) is 0 Å². The normalized spacial score (nSPS) is 18.6. The van der Waals surface area contributed by atoms with Crippen LogP contribution in [0.2, 0.25) is 8.35 Å². The zero-order chi connectivity index (χ0) is 31.3. The topological polar surface area (TPSA) is 0 Å². The third kappa shape index (κ3) is 6.71. The van der Waals surface area contributed by atoms with E-state index in [1.807, 2.05) is 0 Å². The van der Waals surface area contributed by atoms with Gasteiger partial charge in [0.1, 0.15) is 0 Å².